The number of aromatic nitrogens is 5. The number of anilines is 1. The largest absolute Gasteiger partial charge is 0.339 e. The topological polar surface area (TPSA) is 97.9 Å². The van der Waals surface area contributed by atoms with Gasteiger partial charge in [-0.1, -0.05) is 38.9 Å². The van der Waals surface area contributed by atoms with Crippen LogP contribution >= 0.6 is 0 Å². The Labute approximate surface area is 217 Å². The summed E-state index contributed by atoms with van der Waals surface area (Å²) in [5.74, 6) is 2.40. The summed E-state index contributed by atoms with van der Waals surface area (Å²) in [5, 5.41) is 4.08. The Morgan fingerprint density at radius 3 is 2.57 bits per heavy atom. The molecular formula is C28H35FN6O2. The zero-order chi connectivity index (χ0) is 26.4. The molecule has 0 bridgehead atoms. The van der Waals surface area contributed by atoms with Crippen LogP contribution in [0.5, 0.6) is 0 Å². The first-order valence-corrected chi connectivity index (χ1v) is 12.9. The number of amides is 1. The predicted molar refractivity (Wildman–Crippen MR) is 140 cm³/mol. The maximum atomic E-state index is 13.2. The Balaban J connectivity index is 1.41. The monoisotopic (exact) mass is 506 g/mol. The molecule has 0 aromatic carbocycles. The number of hydrogen-bond donors (Lipinski definition) is 0. The summed E-state index contributed by atoms with van der Waals surface area (Å²) in [5.41, 5.74) is 2.23. The lowest BCUT2D eigenvalue weighted by molar-refractivity contribution is -0.115. The van der Waals surface area contributed by atoms with Gasteiger partial charge >= 0.3 is 0 Å². The Kier molecular flexibility index (Phi) is 8.41. The van der Waals surface area contributed by atoms with Gasteiger partial charge in [-0.3, -0.25) is 14.2 Å². The SMILES string of the molecule is C=C(CCF)C(=O)N(CCCCCc1noc(C(C)(C)C)n1)c1ccnc(-c2cnc(C3CC3)nc2)c1. The second-order valence-electron chi connectivity index (χ2n) is 10.6. The van der Waals surface area contributed by atoms with E-state index < -0.39 is 6.67 Å². The maximum Gasteiger partial charge on any atom is 0.253 e. The molecule has 9 heteroatoms. The Morgan fingerprint density at radius 1 is 1.16 bits per heavy atom. The number of pyridine rings is 1. The van der Waals surface area contributed by atoms with Gasteiger partial charge in [-0.15, -0.1) is 0 Å². The van der Waals surface area contributed by atoms with E-state index in [4.69, 9.17) is 4.52 Å². The van der Waals surface area contributed by atoms with Crippen molar-refractivity contribution in [3.05, 3.63) is 60.4 Å². The van der Waals surface area contributed by atoms with Crippen LogP contribution in [-0.2, 0) is 16.6 Å². The molecule has 0 unspecified atom stereocenters. The maximum absolute atomic E-state index is 13.2. The van der Waals surface area contributed by atoms with E-state index >= 15 is 0 Å². The molecule has 4 rings (SSSR count). The Bertz CT molecular complexity index is 1210. The lowest BCUT2D eigenvalue weighted by Crippen LogP contribution is -2.33. The third kappa shape index (κ3) is 7.05. The van der Waals surface area contributed by atoms with Gasteiger partial charge in [-0.05, 0) is 37.8 Å². The lowest BCUT2D eigenvalue weighted by Gasteiger charge is -2.24. The van der Waals surface area contributed by atoms with Gasteiger partial charge in [-0.2, -0.15) is 4.98 Å². The number of nitrogens with zero attached hydrogens (tertiary/aromatic N) is 6. The van der Waals surface area contributed by atoms with Crippen molar-refractivity contribution in [3.8, 4) is 11.3 Å². The van der Waals surface area contributed by atoms with Crippen LogP contribution in [-0.4, -0.2) is 44.2 Å². The number of carbonyl (C=O) groups excluding carboxylic acids is 1. The van der Waals surface area contributed by atoms with E-state index in [1.165, 1.54) is 0 Å². The Hall–Kier alpha value is -3.49. The van der Waals surface area contributed by atoms with Gasteiger partial charge in [0.15, 0.2) is 5.82 Å². The van der Waals surface area contributed by atoms with Crippen molar-refractivity contribution in [3.63, 3.8) is 0 Å². The minimum Gasteiger partial charge on any atom is -0.339 e. The zero-order valence-electron chi connectivity index (χ0n) is 21.9. The van der Waals surface area contributed by atoms with Crippen molar-refractivity contribution in [2.75, 3.05) is 18.1 Å². The van der Waals surface area contributed by atoms with E-state index in [0.29, 0.717) is 42.0 Å². The van der Waals surface area contributed by atoms with Gasteiger partial charge in [-0.25, -0.2) is 9.97 Å². The summed E-state index contributed by atoms with van der Waals surface area (Å²) in [6.45, 7) is 9.78. The minimum absolute atomic E-state index is 0.0116. The van der Waals surface area contributed by atoms with Gasteiger partial charge in [0, 0.05) is 66.1 Å². The Morgan fingerprint density at radius 2 is 1.92 bits per heavy atom. The van der Waals surface area contributed by atoms with Crippen LogP contribution in [0.4, 0.5) is 10.1 Å². The standard InChI is InChI=1S/C28H35FN6O2/c1-19(11-13-29)26(36)35(15-7-5-6-8-24-33-27(37-34-24)28(2,3)4)22-12-14-30-23(16-22)21-17-31-25(32-18-21)20-9-10-20/h12,14,16-18,20H,1,5-11,13,15H2,2-4H3. The number of alkyl halides is 1. The third-order valence-electron chi connectivity index (χ3n) is 6.30. The first kappa shape index (κ1) is 26.6. The molecule has 196 valence electrons. The molecule has 37 heavy (non-hydrogen) atoms. The number of halogens is 1. The molecule has 0 saturated heterocycles. The van der Waals surface area contributed by atoms with E-state index in [0.717, 1.165) is 43.5 Å². The first-order chi connectivity index (χ1) is 17.8. The van der Waals surface area contributed by atoms with Crippen LogP contribution in [0.25, 0.3) is 11.3 Å². The van der Waals surface area contributed by atoms with Crippen molar-refractivity contribution in [1.82, 2.24) is 25.1 Å². The van der Waals surface area contributed by atoms with Gasteiger partial charge in [0.25, 0.3) is 5.91 Å². The fraction of sp³-hybridized carbons (Fsp3) is 0.500. The molecule has 1 amide bonds. The molecule has 0 aliphatic heterocycles. The molecule has 3 heterocycles. The third-order valence-corrected chi connectivity index (χ3v) is 6.30. The molecular weight excluding hydrogens is 471 g/mol. The average Bonchev–Trinajstić information content (AvgIpc) is 3.62. The number of hydrogen-bond acceptors (Lipinski definition) is 7. The van der Waals surface area contributed by atoms with Gasteiger partial charge in [0.05, 0.1) is 12.4 Å². The second kappa shape index (κ2) is 11.7. The van der Waals surface area contributed by atoms with E-state index in [-0.39, 0.29) is 23.3 Å². The molecule has 0 spiro atoms. The fourth-order valence-electron chi connectivity index (χ4n) is 3.92. The molecule has 8 nitrogen and oxygen atoms in total. The van der Waals surface area contributed by atoms with E-state index in [1.54, 1.807) is 29.6 Å². The molecule has 3 aromatic rings. The molecule has 3 aromatic heterocycles. The van der Waals surface area contributed by atoms with E-state index in [9.17, 15) is 9.18 Å². The summed E-state index contributed by atoms with van der Waals surface area (Å²) in [4.78, 5) is 32.7. The van der Waals surface area contributed by atoms with Gasteiger partial charge in [0.2, 0.25) is 5.89 Å². The molecule has 1 fully saturated rings. The highest BCUT2D eigenvalue weighted by Gasteiger charge is 2.26. The summed E-state index contributed by atoms with van der Waals surface area (Å²) in [6, 6.07) is 3.64. The van der Waals surface area contributed by atoms with Crippen LogP contribution in [0.2, 0.25) is 0 Å². The van der Waals surface area contributed by atoms with Crippen LogP contribution < -0.4 is 4.90 Å². The molecule has 0 atom stereocenters. The number of unbranched alkanes of at least 4 members (excludes halogenated alkanes) is 2. The summed E-state index contributed by atoms with van der Waals surface area (Å²) < 4.78 is 18.3. The van der Waals surface area contributed by atoms with E-state index in [2.05, 4.69) is 31.7 Å². The van der Waals surface area contributed by atoms with Gasteiger partial charge in [0.1, 0.15) is 5.82 Å². The minimum atomic E-state index is -0.619. The van der Waals surface area contributed by atoms with Crippen LogP contribution in [0.3, 0.4) is 0 Å². The van der Waals surface area contributed by atoms with Crippen molar-refractivity contribution < 1.29 is 13.7 Å². The van der Waals surface area contributed by atoms with Crippen molar-refractivity contribution >= 4 is 11.6 Å². The molecule has 1 aliphatic rings. The van der Waals surface area contributed by atoms with Crippen LogP contribution in [0.1, 0.15) is 82.8 Å². The van der Waals surface area contributed by atoms with Crippen molar-refractivity contribution in [1.29, 1.82) is 0 Å². The van der Waals surface area contributed by atoms with Crippen molar-refractivity contribution in [2.24, 2.45) is 0 Å². The number of carbonyl (C=O) groups is 1. The zero-order valence-corrected chi connectivity index (χ0v) is 21.9. The summed E-state index contributed by atoms with van der Waals surface area (Å²) in [7, 11) is 0. The predicted octanol–water partition coefficient (Wildman–Crippen LogP) is 5.76. The van der Waals surface area contributed by atoms with Crippen LogP contribution in [0, 0.1) is 0 Å². The second-order valence-corrected chi connectivity index (χ2v) is 10.6. The molecule has 1 saturated carbocycles. The average molecular weight is 507 g/mol. The molecule has 0 N–H and O–H groups in total. The number of aryl methyl sites for hydroxylation is 1. The number of rotatable bonds is 12. The fourth-order valence-corrected chi connectivity index (χ4v) is 3.92. The highest BCUT2D eigenvalue weighted by atomic mass is 19.1. The van der Waals surface area contributed by atoms with Gasteiger partial charge < -0.3 is 9.42 Å². The first-order valence-electron chi connectivity index (χ1n) is 12.9. The van der Waals surface area contributed by atoms with E-state index in [1.807, 2.05) is 26.8 Å². The highest BCUT2D eigenvalue weighted by Crippen LogP contribution is 2.38. The summed E-state index contributed by atoms with van der Waals surface area (Å²) in [6.07, 6.45) is 10.7. The van der Waals surface area contributed by atoms with Crippen LogP contribution in [0.15, 0.2) is 47.4 Å². The summed E-state index contributed by atoms with van der Waals surface area (Å²) >= 11 is 0. The normalized spacial score (nSPS) is 13.5. The quantitative estimate of drug-likeness (QED) is 0.228. The lowest BCUT2D eigenvalue weighted by atomic mass is 9.97. The molecule has 1 aliphatic carbocycles. The van der Waals surface area contributed by atoms with Crippen molar-refractivity contribution in [2.45, 2.75) is 77.0 Å². The smallest absolute Gasteiger partial charge is 0.253 e. The highest BCUT2D eigenvalue weighted by molar-refractivity contribution is 6.05. The molecule has 0 radical (unpaired) electrons.